The first-order valence-electron chi connectivity index (χ1n) is 7.85. The molecule has 0 spiro atoms. The van der Waals surface area contributed by atoms with E-state index >= 15 is 0 Å². The number of anilines is 1. The van der Waals surface area contributed by atoms with Crippen LogP contribution in [-0.2, 0) is 10.0 Å². The van der Waals surface area contributed by atoms with Gasteiger partial charge in [0.05, 0.1) is 4.90 Å². The van der Waals surface area contributed by atoms with Gasteiger partial charge >= 0.3 is 0 Å². The van der Waals surface area contributed by atoms with Crippen molar-refractivity contribution in [3.05, 3.63) is 24.3 Å². The van der Waals surface area contributed by atoms with Crippen LogP contribution in [-0.4, -0.2) is 21.5 Å². The van der Waals surface area contributed by atoms with Gasteiger partial charge in [0, 0.05) is 18.8 Å². The quantitative estimate of drug-likeness (QED) is 0.812. The molecule has 0 atom stereocenters. The van der Waals surface area contributed by atoms with Gasteiger partial charge in [-0.15, -0.1) is 0 Å². The highest BCUT2D eigenvalue weighted by Gasteiger charge is 2.33. The lowest BCUT2D eigenvalue weighted by Crippen LogP contribution is -2.35. The van der Waals surface area contributed by atoms with Gasteiger partial charge in [0.25, 0.3) is 0 Å². The molecule has 118 valence electrons. The summed E-state index contributed by atoms with van der Waals surface area (Å²) in [5.41, 5.74) is 1.11. The van der Waals surface area contributed by atoms with Crippen molar-refractivity contribution in [2.75, 3.05) is 18.4 Å². The van der Waals surface area contributed by atoms with Gasteiger partial charge in [-0.2, -0.15) is 0 Å². The summed E-state index contributed by atoms with van der Waals surface area (Å²) in [6, 6.07) is 6.94. The Hall–Kier alpha value is -1.07. The van der Waals surface area contributed by atoms with E-state index in [0.717, 1.165) is 31.5 Å². The van der Waals surface area contributed by atoms with E-state index in [2.05, 4.69) is 17.0 Å². The normalized spacial score (nSPS) is 17.8. The maximum absolute atomic E-state index is 12.4. The van der Waals surface area contributed by atoms with E-state index in [0.29, 0.717) is 11.4 Å². The van der Waals surface area contributed by atoms with E-state index in [-0.39, 0.29) is 5.41 Å². The molecule has 2 rings (SSSR count). The van der Waals surface area contributed by atoms with Crippen molar-refractivity contribution >= 4 is 15.7 Å². The molecule has 1 aliphatic rings. The van der Waals surface area contributed by atoms with E-state index in [1.165, 1.54) is 12.8 Å². The monoisotopic (exact) mass is 310 g/mol. The van der Waals surface area contributed by atoms with Crippen LogP contribution in [0.2, 0.25) is 0 Å². The molecule has 1 saturated carbocycles. The molecule has 0 saturated heterocycles. The Labute approximate surface area is 128 Å². The molecule has 0 amide bonds. The van der Waals surface area contributed by atoms with Gasteiger partial charge < -0.3 is 5.32 Å². The minimum atomic E-state index is -3.41. The predicted octanol–water partition coefficient (Wildman–Crippen LogP) is 3.37. The number of rotatable bonds is 7. The van der Waals surface area contributed by atoms with Crippen LogP contribution in [0, 0.1) is 5.41 Å². The van der Waals surface area contributed by atoms with E-state index in [9.17, 15) is 8.42 Å². The van der Waals surface area contributed by atoms with Crippen LogP contribution in [0.5, 0.6) is 0 Å². The van der Waals surface area contributed by atoms with Crippen LogP contribution >= 0.6 is 0 Å². The zero-order valence-electron chi connectivity index (χ0n) is 13.0. The molecule has 1 aliphatic carbocycles. The molecule has 1 aromatic carbocycles. The van der Waals surface area contributed by atoms with Crippen molar-refractivity contribution in [2.24, 2.45) is 5.41 Å². The molecule has 0 heterocycles. The maximum Gasteiger partial charge on any atom is 0.240 e. The number of hydrogen-bond acceptors (Lipinski definition) is 3. The van der Waals surface area contributed by atoms with Gasteiger partial charge in [-0.25, -0.2) is 13.1 Å². The Morgan fingerprint density at radius 2 is 1.71 bits per heavy atom. The summed E-state index contributed by atoms with van der Waals surface area (Å²) >= 11 is 0. The average molecular weight is 310 g/mol. The number of sulfonamides is 1. The average Bonchev–Trinajstić information content (AvgIpc) is 2.96. The van der Waals surface area contributed by atoms with Gasteiger partial charge in [0.15, 0.2) is 0 Å². The van der Waals surface area contributed by atoms with Crippen molar-refractivity contribution < 1.29 is 8.42 Å². The second-order valence-electron chi connectivity index (χ2n) is 5.94. The van der Waals surface area contributed by atoms with Crippen LogP contribution in [0.4, 0.5) is 5.69 Å². The molecular formula is C16H26N2O2S. The molecule has 5 heteroatoms. The maximum atomic E-state index is 12.4. The molecule has 0 bridgehead atoms. The smallest absolute Gasteiger partial charge is 0.240 e. The van der Waals surface area contributed by atoms with Crippen LogP contribution in [0.1, 0.15) is 46.0 Å². The first-order chi connectivity index (χ1) is 10.0. The molecule has 1 fully saturated rings. The highest BCUT2D eigenvalue weighted by Crippen LogP contribution is 2.40. The van der Waals surface area contributed by atoms with Gasteiger partial charge in [0.1, 0.15) is 0 Å². The lowest BCUT2D eigenvalue weighted by atomic mass is 9.84. The zero-order valence-corrected chi connectivity index (χ0v) is 13.8. The van der Waals surface area contributed by atoms with Gasteiger partial charge in [-0.3, -0.25) is 0 Å². The summed E-state index contributed by atoms with van der Waals surface area (Å²) in [7, 11) is -3.41. The number of benzene rings is 1. The van der Waals surface area contributed by atoms with Gasteiger partial charge in [-0.05, 0) is 55.9 Å². The fourth-order valence-corrected chi connectivity index (χ4v) is 4.23. The molecule has 0 unspecified atom stereocenters. The second-order valence-corrected chi connectivity index (χ2v) is 7.71. The third kappa shape index (κ3) is 3.98. The van der Waals surface area contributed by atoms with E-state index < -0.39 is 10.0 Å². The van der Waals surface area contributed by atoms with Crippen molar-refractivity contribution in [3.8, 4) is 0 Å². The fraction of sp³-hybridized carbons (Fsp3) is 0.625. The molecule has 0 aliphatic heterocycles. The standard InChI is InChI=1S/C16H26N2O2S/c1-3-16(11-5-6-12-16)13-18-21(19,20)15-9-7-14(8-10-15)17-4-2/h7-10,17-18H,3-6,11-13H2,1-2H3. The summed E-state index contributed by atoms with van der Waals surface area (Å²) in [5, 5.41) is 3.16. The summed E-state index contributed by atoms with van der Waals surface area (Å²) in [6.45, 7) is 5.55. The number of nitrogens with one attached hydrogen (secondary N) is 2. The van der Waals surface area contributed by atoms with Crippen molar-refractivity contribution in [1.82, 2.24) is 4.72 Å². The van der Waals surface area contributed by atoms with Crippen molar-refractivity contribution in [2.45, 2.75) is 50.8 Å². The first-order valence-corrected chi connectivity index (χ1v) is 9.33. The van der Waals surface area contributed by atoms with Crippen molar-refractivity contribution in [1.29, 1.82) is 0 Å². The van der Waals surface area contributed by atoms with E-state index in [1.807, 2.05) is 19.1 Å². The Balaban J connectivity index is 2.04. The van der Waals surface area contributed by atoms with E-state index in [4.69, 9.17) is 0 Å². The lowest BCUT2D eigenvalue weighted by Gasteiger charge is -2.27. The van der Waals surface area contributed by atoms with Crippen LogP contribution in [0.25, 0.3) is 0 Å². The first kappa shape index (κ1) is 16.3. The van der Waals surface area contributed by atoms with E-state index in [1.54, 1.807) is 12.1 Å². The third-order valence-electron chi connectivity index (χ3n) is 4.60. The Morgan fingerprint density at radius 1 is 1.10 bits per heavy atom. The minimum Gasteiger partial charge on any atom is -0.385 e. The topological polar surface area (TPSA) is 58.2 Å². The summed E-state index contributed by atoms with van der Waals surface area (Å²) < 4.78 is 27.6. The zero-order chi connectivity index (χ0) is 15.3. The largest absolute Gasteiger partial charge is 0.385 e. The summed E-state index contributed by atoms with van der Waals surface area (Å²) in [4.78, 5) is 0.341. The fourth-order valence-electron chi connectivity index (χ4n) is 3.07. The SMILES string of the molecule is CCNc1ccc(S(=O)(=O)NCC2(CC)CCCC2)cc1. The van der Waals surface area contributed by atoms with Crippen LogP contribution in [0.3, 0.4) is 0 Å². The molecule has 0 aromatic heterocycles. The molecule has 0 radical (unpaired) electrons. The van der Waals surface area contributed by atoms with Crippen LogP contribution < -0.4 is 10.0 Å². The lowest BCUT2D eigenvalue weighted by molar-refractivity contribution is 0.285. The highest BCUT2D eigenvalue weighted by atomic mass is 32.2. The van der Waals surface area contributed by atoms with Gasteiger partial charge in [0.2, 0.25) is 10.0 Å². The highest BCUT2D eigenvalue weighted by molar-refractivity contribution is 7.89. The van der Waals surface area contributed by atoms with Crippen molar-refractivity contribution in [3.63, 3.8) is 0 Å². The summed E-state index contributed by atoms with van der Waals surface area (Å²) in [5.74, 6) is 0. The Kier molecular flexibility index (Phi) is 5.27. The predicted molar refractivity (Wildman–Crippen MR) is 87.0 cm³/mol. The minimum absolute atomic E-state index is 0.163. The molecular weight excluding hydrogens is 284 g/mol. The second kappa shape index (κ2) is 6.79. The Morgan fingerprint density at radius 3 is 2.24 bits per heavy atom. The number of hydrogen-bond donors (Lipinski definition) is 2. The summed E-state index contributed by atoms with van der Waals surface area (Å²) in [6.07, 6.45) is 5.73. The molecule has 4 nitrogen and oxygen atoms in total. The molecule has 2 N–H and O–H groups in total. The molecule has 1 aromatic rings. The molecule has 21 heavy (non-hydrogen) atoms. The van der Waals surface area contributed by atoms with Gasteiger partial charge in [-0.1, -0.05) is 19.8 Å². The third-order valence-corrected chi connectivity index (χ3v) is 6.01. The van der Waals surface area contributed by atoms with Crippen LogP contribution in [0.15, 0.2) is 29.2 Å². The Bertz CT molecular complexity index is 546.